The molecule has 0 aliphatic rings. The lowest BCUT2D eigenvalue weighted by molar-refractivity contribution is 0.598. The highest BCUT2D eigenvalue weighted by atomic mass is 32.2. The van der Waals surface area contributed by atoms with Crippen LogP contribution in [-0.4, -0.2) is 19.9 Å². The molecular weight excluding hydrogens is 293 g/mol. The molecule has 0 saturated carbocycles. The average Bonchev–Trinajstić information content (AvgIpc) is 2.47. The number of halogens is 1. The maximum absolute atomic E-state index is 13.5. The van der Waals surface area contributed by atoms with E-state index in [-0.39, 0.29) is 10.6 Å². The minimum absolute atomic E-state index is 0.0784. The number of nitrogens with one attached hydrogen (secondary N) is 2. The number of rotatable bonds is 6. The minimum Gasteiger partial charge on any atom is -0.384 e. The number of para-hydroxylation sites is 1. The summed E-state index contributed by atoms with van der Waals surface area (Å²) < 4.78 is 40.6. The van der Waals surface area contributed by atoms with E-state index in [0.29, 0.717) is 12.2 Å². The number of hydrogen-bond acceptors (Lipinski definition) is 4. The molecule has 2 N–H and O–H groups in total. The predicted molar refractivity (Wildman–Crippen MR) is 80.2 cm³/mol. The number of sulfonamides is 1. The van der Waals surface area contributed by atoms with Gasteiger partial charge in [-0.25, -0.2) is 12.8 Å². The second kappa shape index (κ2) is 6.53. The van der Waals surface area contributed by atoms with Crippen molar-refractivity contribution in [2.24, 2.45) is 0 Å². The van der Waals surface area contributed by atoms with Crippen LogP contribution < -0.4 is 10.0 Å². The lowest BCUT2D eigenvalue weighted by Gasteiger charge is -2.13. The molecule has 0 unspecified atom stereocenters. The Morgan fingerprint density at radius 1 is 1.19 bits per heavy atom. The van der Waals surface area contributed by atoms with Crippen molar-refractivity contribution < 1.29 is 12.8 Å². The van der Waals surface area contributed by atoms with Crippen LogP contribution in [0.1, 0.15) is 13.3 Å². The van der Waals surface area contributed by atoms with Gasteiger partial charge in [0.05, 0.1) is 17.6 Å². The number of hydrogen-bond donors (Lipinski definition) is 2. The Kier molecular flexibility index (Phi) is 4.74. The van der Waals surface area contributed by atoms with Crippen LogP contribution in [0, 0.1) is 5.82 Å². The Balaban J connectivity index is 2.34. The summed E-state index contributed by atoms with van der Waals surface area (Å²) in [6.45, 7) is 2.63. The topological polar surface area (TPSA) is 71.1 Å². The van der Waals surface area contributed by atoms with E-state index in [4.69, 9.17) is 0 Å². The average molecular weight is 309 g/mol. The highest BCUT2D eigenvalue weighted by Gasteiger charge is 2.19. The van der Waals surface area contributed by atoms with E-state index in [1.54, 1.807) is 18.2 Å². The van der Waals surface area contributed by atoms with Crippen molar-refractivity contribution in [2.45, 2.75) is 18.2 Å². The third kappa shape index (κ3) is 3.69. The van der Waals surface area contributed by atoms with Gasteiger partial charge in [-0.15, -0.1) is 0 Å². The van der Waals surface area contributed by atoms with E-state index in [1.165, 1.54) is 18.3 Å². The molecule has 1 aromatic carbocycles. The first-order valence-electron chi connectivity index (χ1n) is 6.50. The predicted octanol–water partition coefficient (Wildman–Crippen LogP) is 2.84. The van der Waals surface area contributed by atoms with E-state index < -0.39 is 15.8 Å². The van der Waals surface area contributed by atoms with Crippen molar-refractivity contribution in [3.05, 3.63) is 48.5 Å². The molecular formula is C14H16FN3O2S. The van der Waals surface area contributed by atoms with Gasteiger partial charge in [0.1, 0.15) is 4.90 Å². The smallest absolute Gasteiger partial charge is 0.264 e. The molecule has 0 spiro atoms. The molecule has 2 aromatic rings. The third-order valence-corrected chi connectivity index (χ3v) is 4.18. The van der Waals surface area contributed by atoms with Crippen molar-refractivity contribution in [3.63, 3.8) is 0 Å². The molecule has 7 heteroatoms. The zero-order valence-electron chi connectivity index (χ0n) is 11.5. The van der Waals surface area contributed by atoms with Gasteiger partial charge in [0.25, 0.3) is 10.0 Å². The fourth-order valence-corrected chi connectivity index (χ4v) is 3.02. The Hall–Kier alpha value is -2.15. The third-order valence-electron chi connectivity index (χ3n) is 2.76. The fourth-order valence-electron chi connectivity index (χ4n) is 1.76. The first-order chi connectivity index (χ1) is 10.0. The number of benzene rings is 1. The van der Waals surface area contributed by atoms with Gasteiger partial charge in [-0.3, -0.25) is 9.71 Å². The monoisotopic (exact) mass is 309 g/mol. The maximum Gasteiger partial charge on any atom is 0.264 e. The highest BCUT2D eigenvalue weighted by molar-refractivity contribution is 7.92. The van der Waals surface area contributed by atoms with Crippen LogP contribution in [0.4, 0.5) is 15.8 Å². The van der Waals surface area contributed by atoms with Gasteiger partial charge >= 0.3 is 0 Å². The molecule has 2 rings (SSSR count). The molecule has 0 amide bonds. The SMILES string of the molecule is CCCNc1ccccc1S(=O)(=O)Nc1ccncc1F. The molecule has 21 heavy (non-hydrogen) atoms. The Morgan fingerprint density at radius 2 is 1.95 bits per heavy atom. The van der Waals surface area contributed by atoms with Gasteiger partial charge < -0.3 is 5.32 Å². The van der Waals surface area contributed by atoms with Gasteiger partial charge in [-0.05, 0) is 24.6 Å². The first-order valence-corrected chi connectivity index (χ1v) is 7.98. The van der Waals surface area contributed by atoms with E-state index in [2.05, 4.69) is 15.0 Å². The van der Waals surface area contributed by atoms with Crippen molar-refractivity contribution in [3.8, 4) is 0 Å². The van der Waals surface area contributed by atoms with Crippen LogP contribution in [0.3, 0.4) is 0 Å². The molecule has 0 bridgehead atoms. The van der Waals surface area contributed by atoms with Crippen LogP contribution in [0.25, 0.3) is 0 Å². The fraction of sp³-hybridized carbons (Fsp3) is 0.214. The molecule has 0 aliphatic heterocycles. The van der Waals surface area contributed by atoms with Crippen molar-refractivity contribution in [1.82, 2.24) is 4.98 Å². The Bertz CT molecular complexity index is 720. The number of anilines is 2. The van der Waals surface area contributed by atoms with Crippen LogP contribution >= 0.6 is 0 Å². The minimum atomic E-state index is -3.88. The summed E-state index contributed by atoms with van der Waals surface area (Å²) in [5.41, 5.74) is 0.358. The molecule has 112 valence electrons. The molecule has 0 aliphatic carbocycles. The van der Waals surface area contributed by atoms with Crippen LogP contribution in [0.5, 0.6) is 0 Å². The zero-order chi connectivity index (χ0) is 15.3. The molecule has 1 heterocycles. The first kappa shape index (κ1) is 15.2. The van der Waals surface area contributed by atoms with Crippen molar-refractivity contribution >= 4 is 21.4 Å². The molecule has 0 fully saturated rings. The standard InChI is InChI=1S/C14H16FN3O2S/c1-2-8-17-13-5-3-4-6-14(13)21(19,20)18-12-7-9-16-10-11(12)15/h3-7,9-10,17H,2,8H2,1H3,(H,16,18). The van der Waals surface area contributed by atoms with Gasteiger partial charge in [0, 0.05) is 12.7 Å². The van der Waals surface area contributed by atoms with Crippen molar-refractivity contribution in [1.29, 1.82) is 0 Å². The second-order valence-corrected chi connectivity index (χ2v) is 6.03. The van der Waals surface area contributed by atoms with E-state index in [0.717, 1.165) is 12.6 Å². The summed E-state index contributed by atoms with van der Waals surface area (Å²) in [6.07, 6.45) is 3.14. The summed E-state index contributed by atoms with van der Waals surface area (Å²) >= 11 is 0. The Labute approximate surface area is 123 Å². The summed E-state index contributed by atoms with van der Waals surface area (Å²) in [7, 11) is -3.88. The van der Waals surface area contributed by atoms with Gasteiger partial charge in [-0.1, -0.05) is 19.1 Å². The molecule has 1 aromatic heterocycles. The summed E-state index contributed by atoms with van der Waals surface area (Å²) in [5.74, 6) is -0.722. The molecule has 0 saturated heterocycles. The lowest BCUT2D eigenvalue weighted by atomic mass is 10.3. The zero-order valence-corrected chi connectivity index (χ0v) is 12.3. The summed E-state index contributed by atoms with van der Waals surface area (Å²) in [6, 6.07) is 7.78. The summed E-state index contributed by atoms with van der Waals surface area (Å²) in [5, 5.41) is 3.04. The van der Waals surface area contributed by atoms with Gasteiger partial charge in [0.2, 0.25) is 0 Å². The lowest BCUT2D eigenvalue weighted by Crippen LogP contribution is -2.16. The van der Waals surface area contributed by atoms with E-state index >= 15 is 0 Å². The number of pyridine rings is 1. The van der Waals surface area contributed by atoms with Crippen LogP contribution in [-0.2, 0) is 10.0 Å². The highest BCUT2D eigenvalue weighted by Crippen LogP contribution is 2.24. The van der Waals surface area contributed by atoms with Crippen LogP contribution in [0.15, 0.2) is 47.6 Å². The Morgan fingerprint density at radius 3 is 2.67 bits per heavy atom. The summed E-state index contributed by atoms with van der Waals surface area (Å²) in [4.78, 5) is 3.66. The molecule has 0 atom stereocenters. The normalized spacial score (nSPS) is 11.1. The second-order valence-electron chi connectivity index (χ2n) is 4.38. The maximum atomic E-state index is 13.5. The number of aromatic nitrogens is 1. The number of nitrogens with zero attached hydrogens (tertiary/aromatic N) is 1. The molecule has 0 radical (unpaired) electrons. The largest absolute Gasteiger partial charge is 0.384 e. The molecule has 5 nitrogen and oxygen atoms in total. The van der Waals surface area contributed by atoms with Crippen LogP contribution in [0.2, 0.25) is 0 Å². The van der Waals surface area contributed by atoms with Crippen molar-refractivity contribution in [2.75, 3.05) is 16.6 Å². The quantitative estimate of drug-likeness (QED) is 0.861. The van der Waals surface area contributed by atoms with Gasteiger partial charge in [-0.2, -0.15) is 0 Å². The van der Waals surface area contributed by atoms with Gasteiger partial charge in [0.15, 0.2) is 5.82 Å². The van der Waals surface area contributed by atoms with E-state index in [1.807, 2.05) is 6.92 Å². The van der Waals surface area contributed by atoms with E-state index in [9.17, 15) is 12.8 Å².